The number of hydrogen-bond donors (Lipinski definition) is 2. The van der Waals surface area contributed by atoms with E-state index in [4.69, 9.17) is 5.73 Å². The average Bonchev–Trinajstić information content (AvgIpc) is 2.41. The number of nitrogens with zero attached hydrogens (tertiary/aromatic N) is 1. The monoisotopic (exact) mass is 226 g/mol. The van der Waals surface area contributed by atoms with Crippen molar-refractivity contribution in [3.63, 3.8) is 0 Å². The van der Waals surface area contributed by atoms with E-state index in [2.05, 4.69) is 0 Å². The van der Waals surface area contributed by atoms with E-state index in [-0.39, 0.29) is 11.6 Å². The first-order valence-corrected chi connectivity index (χ1v) is 6.05. The molecule has 0 radical (unpaired) electrons. The van der Waals surface area contributed by atoms with Crippen LogP contribution in [0.25, 0.3) is 10.9 Å². The van der Waals surface area contributed by atoms with E-state index < -0.39 is 10.0 Å². The van der Waals surface area contributed by atoms with Crippen molar-refractivity contribution in [1.82, 2.24) is 3.97 Å². The van der Waals surface area contributed by atoms with Gasteiger partial charge in [0.25, 0.3) is 0 Å². The van der Waals surface area contributed by atoms with Crippen LogP contribution in [0.4, 0.5) is 5.82 Å². The predicted molar refractivity (Wildman–Crippen MR) is 58.3 cm³/mol. The molecule has 0 saturated carbocycles. The fourth-order valence-corrected chi connectivity index (χ4v) is 2.53. The molecule has 1 aromatic carbocycles. The number of aromatic nitrogens is 1. The Labute approximate surface area is 86.8 Å². The molecule has 0 spiro atoms. The van der Waals surface area contributed by atoms with Gasteiger partial charge in [-0.25, -0.2) is 12.4 Å². The summed E-state index contributed by atoms with van der Waals surface area (Å²) in [4.78, 5) is 0. The van der Waals surface area contributed by atoms with Crippen LogP contribution in [0, 0.1) is 0 Å². The van der Waals surface area contributed by atoms with Gasteiger partial charge in [-0.3, -0.25) is 0 Å². The number of nitrogens with two attached hydrogens (primary N) is 1. The molecule has 15 heavy (non-hydrogen) atoms. The zero-order chi connectivity index (χ0) is 11.2. The van der Waals surface area contributed by atoms with Crippen molar-refractivity contribution in [1.29, 1.82) is 0 Å². The maximum Gasteiger partial charge on any atom is 0.237 e. The van der Waals surface area contributed by atoms with Crippen molar-refractivity contribution in [2.75, 3.05) is 12.0 Å². The number of fused-ring (bicyclic) bond motifs is 1. The maximum atomic E-state index is 11.4. The van der Waals surface area contributed by atoms with Crippen LogP contribution in [-0.2, 0) is 10.0 Å². The van der Waals surface area contributed by atoms with Crippen LogP contribution >= 0.6 is 0 Å². The molecule has 0 amide bonds. The second-order valence-corrected chi connectivity index (χ2v) is 5.14. The van der Waals surface area contributed by atoms with Crippen LogP contribution in [0.5, 0.6) is 5.75 Å². The normalized spacial score (nSPS) is 12.1. The molecule has 1 aromatic heterocycles. The van der Waals surface area contributed by atoms with Crippen LogP contribution in [0.2, 0.25) is 0 Å². The smallest absolute Gasteiger partial charge is 0.237 e. The van der Waals surface area contributed by atoms with Crippen LogP contribution in [0.15, 0.2) is 24.3 Å². The Morgan fingerprint density at radius 3 is 2.67 bits per heavy atom. The molecule has 6 heteroatoms. The fraction of sp³-hybridized carbons (Fsp3) is 0.111. The largest absolute Gasteiger partial charge is 0.507 e. The summed E-state index contributed by atoms with van der Waals surface area (Å²) in [6, 6.07) is 6.07. The van der Waals surface area contributed by atoms with Crippen molar-refractivity contribution in [3.05, 3.63) is 24.3 Å². The standard InChI is InChI=1S/C9H10N2O3S/c1-15(13,14)11-7-3-2-4-8(12)6(7)5-9(11)10/h2-5,12H,10H2,1H3. The number of anilines is 1. The number of hydrogen-bond acceptors (Lipinski definition) is 4. The summed E-state index contributed by atoms with van der Waals surface area (Å²) in [6.45, 7) is 0. The SMILES string of the molecule is CS(=O)(=O)n1c(N)cc2c(O)cccc21. The van der Waals surface area contributed by atoms with Gasteiger partial charge in [-0.05, 0) is 18.2 Å². The van der Waals surface area contributed by atoms with E-state index in [9.17, 15) is 13.5 Å². The van der Waals surface area contributed by atoms with Gasteiger partial charge in [-0.1, -0.05) is 6.07 Å². The minimum absolute atomic E-state index is 0.0154. The molecule has 0 unspecified atom stereocenters. The lowest BCUT2D eigenvalue weighted by Gasteiger charge is -2.04. The lowest BCUT2D eigenvalue weighted by molar-refractivity contribution is 0.481. The van der Waals surface area contributed by atoms with Crippen LogP contribution in [-0.4, -0.2) is 23.8 Å². The Morgan fingerprint density at radius 1 is 1.40 bits per heavy atom. The lowest BCUT2D eigenvalue weighted by Crippen LogP contribution is -2.12. The van der Waals surface area contributed by atoms with E-state index in [0.717, 1.165) is 10.2 Å². The molecule has 0 atom stereocenters. The van der Waals surface area contributed by atoms with Gasteiger partial charge >= 0.3 is 0 Å². The van der Waals surface area contributed by atoms with E-state index in [1.54, 1.807) is 12.1 Å². The zero-order valence-electron chi connectivity index (χ0n) is 8.01. The van der Waals surface area contributed by atoms with E-state index in [0.29, 0.717) is 10.9 Å². The summed E-state index contributed by atoms with van der Waals surface area (Å²) >= 11 is 0. The Morgan fingerprint density at radius 2 is 2.07 bits per heavy atom. The molecule has 2 rings (SSSR count). The first kappa shape index (κ1) is 9.85. The molecule has 80 valence electrons. The summed E-state index contributed by atoms with van der Waals surface area (Å²) in [5.74, 6) is 0.107. The highest BCUT2D eigenvalue weighted by Gasteiger charge is 2.15. The third-order valence-corrected chi connectivity index (χ3v) is 3.21. The summed E-state index contributed by atoms with van der Waals surface area (Å²) < 4.78 is 23.9. The van der Waals surface area contributed by atoms with Gasteiger partial charge in [0.2, 0.25) is 10.0 Å². The van der Waals surface area contributed by atoms with Crippen LogP contribution in [0.3, 0.4) is 0 Å². The highest BCUT2D eigenvalue weighted by Crippen LogP contribution is 2.29. The molecule has 0 aliphatic carbocycles. The van der Waals surface area contributed by atoms with Crippen molar-refractivity contribution in [3.8, 4) is 5.75 Å². The average molecular weight is 226 g/mol. The van der Waals surface area contributed by atoms with E-state index in [1.165, 1.54) is 12.1 Å². The van der Waals surface area contributed by atoms with Crippen LogP contribution in [0.1, 0.15) is 0 Å². The number of phenols is 1. The molecule has 0 aliphatic rings. The maximum absolute atomic E-state index is 11.4. The molecular formula is C9H10N2O3S. The van der Waals surface area contributed by atoms with Crippen LogP contribution < -0.4 is 5.73 Å². The number of nitrogen functional groups attached to an aromatic ring is 1. The Kier molecular flexibility index (Phi) is 1.90. The van der Waals surface area contributed by atoms with Crippen molar-refractivity contribution < 1.29 is 13.5 Å². The number of aromatic hydroxyl groups is 1. The third kappa shape index (κ3) is 1.42. The molecule has 0 fully saturated rings. The highest BCUT2D eigenvalue weighted by molar-refractivity contribution is 7.89. The summed E-state index contributed by atoms with van der Waals surface area (Å²) in [7, 11) is -3.45. The quantitative estimate of drug-likeness (QED) is 0.750. The molecule has 0 saturated heterocycles. The molecule has 5 nitrogen and oxygen atoms in total. The predicted octanol–water partition coefficient (Wildman–Crippen LogP) is 0.737. The van der Waals surface area contributed by atoms with Crippen molar-refractivity contribution in [2.24, 2.45) is 0 Å². The fourth-order valence-electron chi connectivity index (χ4n) is 1.58. The molecule has 0 bridgehead atoms. The Hall–Kier alpha value is -1.69. The zero-order valence-corrected chi connectivity index (χ0v) is 8.82. The summed E-state index contributed by atoms with van der Waals surface area (Å²) in [5, 5.41) is 9.94. The van der Waals surface area contributed by atoms with Gasteiger partial charge in [0.05, 0.1) is 11.8 Å². The Bertz CT molecular complexity index is 628. The second kappa shape index (κ2) is 2.90. The van der Waals surface area contributed by atoms with E-state index in [1.807, 2.05) is 0 Å². The van der Waals surface area contributed by atoms with Gasteiger partial charge in [0.1, 0.15) is 11.6 Å². The van der Waals surface area contributed by atoms with E-state index >= 15 is 0 Å². The first-order chi connectivity index (χ1) is 6.91. The minimum atomic E-state index is -3.45. The van der Waals surface area contributed by atoms with Gasteiger partial charge < -0.3 is 10.8 Å². The molecule has 2 aromatic rings. The number of benzene rings is 1. The van der Waals surface area contributed by atoms with Crippen molar-refractivity contribution >= 4 is 26.7 Å². The molecule has 1 heterocycles. The van der Waals surface area contributed by atoms with Gasteiger partial charge in [-0.15, -0.1) is 0 Å². The van der Waals surface area contributed by atoms with Gasteiger partial charge in [0, 0.05) is 5.39 Å². The van der Waals surface area contributed by atoms with Gasteiger partial charge in [-0.2, -0.15) is 0 Å². The van der Waals surface area contributed by atoms with Crippen molar-refractivity contribution in [2.45, 2.75) is 0 Å². The topological polar surface area (TPSA) is 85.3 Å². The molecular weight excluding hydrogens is 216 g/mol. The first-order valence-electron chi connectivity index (χ1n) is 4.21. The molecule has 3 N–H and O–H groups in total. The number of phenolic OH excluding ortho intramolecular Hbond substituents is 1. The third-order valence-electron chi connectivity index (χ3n) is 2.14. The summed E-state index contributed by atoms with van der Waals surface area (Å²) in [6.07, 6.45) is 1.06. The minimum Gasteiger partial charge on any atom is -0.507 e. The highest BCUT2D eigenvalue weighted by atomic mass is 32.2. The number of rotatable bonds is 1. The summed E-state index contributed by atoms with van der Waals surface area (Å²) in [5.41, 5.74) is 5.97. The molecule has 0 aliphatic heterocycles. The lowest BCUT2D eigenvalue weighted by atomic mass is 10.2. The Balaban J connectivity index is 2.99. The second-order valence-electron chi connectivity index (χ2n) is 3.31. The van der Waals surface area contributed by atoms with Gasteiger partial charge in [0.15, 0.2) is 0 Å².